The van der Waals surface area contributed by atoms with E-state index in [-0.39, 0.29) is 23.3 Å². The summed E-state index contributed by atoms with van der Waals surface area (Å²) < 4.78 is 13.7. The highest BCUT2D eigenvalue weighted by atomic mass is 28.4. The van der Waals surface area contributed by atoms with Crippen molar-refractivity contribution >= 4 is 37.4 Å². The molecule has 0 aliphatic heterocycles. The highest BCUT2D eigenvalue weighted by Gasteiger charge is 2.53. The average Bonchev–Trinajstić information content (AvgIpc) is 4.02. The van der Waals surface area contributed by atoms with Gasteiger partial charge >= 0.3 is 0 Å². The molecule has 0 amide bonds. The molecule has 2 fully saturated rings. The smallest absolute Gasteiger partial charge is 0.261 e. The standard InChI is InChI=1S/2C21H28O2Si/c2*1-21(2,3)24(19-10-6-4-7-11-19,20-12-8-5-9-13-20)23-16-18-14-17(18)15-22/h2*4-13,17-18,22H,14-16H2,1-3H3/t2*17-,18+/m10/s1. The lowest BCUT2D eigenvalue weighted by Gasteiger charge is -2.43. The number of benzene rings is 4. The maximum Gasteiger partial charge on any atom is 0.261 e. The molecule has 4 aromatic carbocycles. The van der Waals surface area contributed by atoms with E-state index in [2.05, 4.69) is 163 Å². The van der Waals surface area contributed by atoms with Gasteiger partial charge < -0.3 is 19.1 Å². The predicted molar refractivity (Wildman–Crippen MR) is 205 cm³/mol. The largest absolute Gasteiger partial charge is 0.407 e. The Labute approximate surface area is 291 Å². The van der Waals surface area contributed by atoms with Crippen LogP contribution in [0.1, 0.15) is 54.4 Å². The lowest BCUT2D eigenvalue weighted by atomic mass is 10.2. The summed E-state index contributed by atoms with van der Waals surface area (Å²) in [7, 11) is -4.79. The fraction of sp³-hybridized carbons (Fsp3) is 0.429. The van der Waals surface area contributed by atoms with E-state index in [1.165, 1.54) is 20.7 Å². The molecule has 4 aromatic rings. The van der Waals surface area contributed by atoms with Crippen LogP contribution in [0.5, 0.6) is 0 Å². The molecular formula is C42H56O4Si2. The van der Waals surface area contributed by atoms with Gasteiger partial charge in [0.05, 0.1) is 0 Å². The SMILES string of the molecule is CC(C)(C)[Si](OC[C@@H]1C[C@@H]1CO)(c1ccccc1)c1ccccc1.CC(C)(C)[Si](OC[C@H]1C[C@H]1CO)(c1ccccc1)c1ccccc1. The number of hydrogen-bond acceptors (Lipinski definition) is 4. The van der Waals surface area contributed by atoms with Crippen LogP contribution in [-0.4, -0.2) is 53.3 Å². The minimum absolute atomic E-state index is 0.0271. The monoisotopic (exact) mass is 680 g/mol. The van der Waals surface area contributed by atoms with Gasteiger partial charge in [0.1, 0.15) is 0 Å². The van der Waals surface area contributed by atoms with Crippen LogP contribution in [-0.2, 0) is 8.85 Å². The molecule has 2 saturated carbocycles. The van der Waals surface area contributed by atoms with Crippen LogP contribution in [0.2, 0.25) is 10.1 Å². The van der Waals surface area contributed by atoms with Crippen molar-refractivity contribution in [2.45, 2.75) is 64.5 Å². The average molecular weight is 681 g/mol. The van der Waals surface area contributed by atoms with E-state index in [9.17, 15) is 10.2 Å². The molecule has 0 spiro atoms. The second-order valence-corrected chi connectivity index (χ2v) is 24.4. The molecule has 2 N–H and O–H groups in total. The molecule has 0 aromatic heterocycles. The van der Waals surface area contributed by atoms with Crippen molar-refractivity contribution in [3.63, 3.8) is 0 Å². The summed E-state index contributed by atoms with van der Waals surface area (Å²) >= 11 is 0. The molecule has 6 heteroatoms. The summed E-state index contributed by atoms with van der Waals surface area (Å²) in [5, 5.41) is 24.1. The fourth-order valence-corrected chi connectivity index (χ4v) is 16.7. The molecule has 6 rings (SSSR count). The van der Waals surface area contributed by atoms with Crippen molar-refractivity contribution in [2.24, 2.45) is 23.7 Å². The first kappa shape index (κ1) is 36.4. The van der Waals surface area contributed by atoms with Gasteiger partial charge in [0.2, 0.25) is 0 Å². The minimum atomic E-state index is -2.40. The first-order valence-corrected chi connectivity index (χ1v) is 21.5. The molecule has 0 saturated heterocycles. The van der Waals surface area contributed by atoms with E-state index in [0.717, 1.165) is 26.1 Å². The quantitative estimate of drug-likeness (QED) is 0.171. The van der Waals surface area contributed by atoms with Crippen molar-refractivity contribution in [1.82, 2.24) is 0 Å². The summed E-state index contributed by atoms with van der Waals surface area (Å²) in [5.74, 6) is 1.89. The summed E-state index contributed by atoms with van der Waals surface area (Å²) in [6.45, 7) is 15.9. The lowest BCUT2D eigenvalue weighted by Crippen LogP contribution is -2.66. The second-order valence-electron chi connectivity index (χ2n) is 15.8. The maximum atomic E-state index is 9.36. The Kier molecular flexibility index (Phi) is 11.7. The highest BCUT2D eigenvalue weighted by molar-refractivity contribution is 7.00. The van der Waals surface area contributed by atoms with E-state index in [1.807, 2.05) is 0 Å². The van der Waals surface area contributed by atoms with E-state index < -0.39 is 16.6 Å². The molecule has 0 radical (unpaired) electrons. The number of aliphatic hydroxyl groups is 2. The Hall–Kier alpha value is -2.85. The zero-order valence-corrected chi connectivity index (χ0v) is 31.8. The zero-order chi connectivity index (χ0) is 34.4. The Morgan fingerprint density at radius 3 is 0.896 bits per heavy atom. The molecule has 0 unspecified atom stereocenters. The van der Waals surface area contributed by atoms with Crippen LogP contribution in [0.4, 0.5) is 0 Å². The molecule has 48 heavy (non-hydrogen) atoms. The number of hydrogen-bond donors (Lipinski definition) is 2. The van der Waals surface area contributed by atoms with Gasteiger partial charge in [-0.25, -0.2) is 0 Å². The molecule has 4 atom stereocenters. The van der Waals surface area contributed by atoms with Gasteiger partial charge in [-0.05, 0) is 67.3 Å². The van der Waals surface area contributed by atoms with Gasteiger partial charge in [-0.3, -0.25) is 0 Å². The predicted octanol–water partition coefficient (Wildman–Crippen LogP) is 6.38. The van der Waals surface area contributed by atoms with Gasteiger partial charge in [0.25, 0.3) is 16.6 Å². The second kappa shape index (κ2) is 15.4. The van der Waals surface area contributed by atoms with Gasteiger partial charge in [-0.15, -0.1) is 0 Å². The van der Waals surface area contributed by atoms with Crippen LogP contribution < -0.4 is 20.7 Å². The van der Waals surface area contributed by atoms with Gasteiger partial charge in [-0.2, -0.15) is 0 Å². The van der Waals surface area contributed by atoms with Crippen LogP contribution in [0.25, 0.3) is 0 Å². The normalized spacial score (nSPS) is 20.8. The van der Waals surface area contributed by atoms with Crippen molar-refractivity contribution < 1.29 is 19.1 Å². The molecule has 2 aliphatic carbocycles. The Morgan fingerprint density at radius 1 is 0.458 bits per heavy atom. The van der Waals surface area contributed by atoms with Crippen LogP contribution >= 0.6 is 0 Å². The van der Waals surface area contributed by atoms with Crippen LogP contribution in [0, 0.1) is 23.7 Å². The summed E-state index contributed by atoms with van der Waals surface area (Å²) in [6.07, 6.45) is 2.18. The molecule has 256 valence electrons. The third-order valence-electron chi connectivity index (χ3n) is 10.5. The van der Waals surface area contributed by atoms with Gasteiger partial charge in [0.15, 0.2) is 0 Å². The van der Waals surface area contributed by atoms with Crippen molar-refractivity contribution in [3.8, 4) is 0 Å². The van der Waals surface area contributed by atoms with Gasteiger partial charge in [-0.1, -0.05) is 163 Å². The Balaban J connectivity index is 0.000000188. The summed E-state index contributed by atoms with van der Waals surface area (Å²) in [5.41, 5.74) is 0. The first-order valence-electron chi connectivity index (χ1n) is 17.7. The van der Waals surface area contributed by atoms with Crippen molar-refractivity contribution in [1.29, 1.82) is 0 Å². The van der Waals surface area contributed by atoms with Crippen molar-refractivity contribution in [2.75, 3.05) is 26.4 Å². The third-order valence-corrected chi connectivity index (χ3v) is 20.5. The lowest BCUT2D eigenvalue weighted by molar-refractivity contribution is 0.236. The third kappa shape index (κ3) is 7.80. The number of rotatable bonds is 12. The fourth-order valence-electron chi connectivity index (χ4n) is 7.46. The summed E-state index contributed by atoms with van der Waals surface area (Å²) in [6, 6.07) is 43.0. The van der Waals surface area contributed by atoms with E-state index in [1.54, 1.807) is 0 Å². The molecular weight excluding hydrogens is 625 g/mol. The topological polar surface area (TPSA) is 58.9 Å². The van der Waals surface area contributed by atoms with E-state index >= 15 is 0 Å². The Morgan fingerprint density at radius 2 is 0.708 bits per heavy atom. The highest BCUT2D eigenvalue weighted by Crippen LogP contribution is 2.43. The molecule has 0 heterocycles. The van der Waals surface area contributed by atoms with Crippen LogP contribution in [0.3, 0.4) is 0 Å². The minimum Gasteiger partial charge on any atom is -0.407 e. The zero-order valence-electron chi connectivity index (χ0n) is 29.8. The molecule has 4 nitrogen and oxygen atoms in total. The van der Waals surface area contributed by atoms with Gasteiger partial charge in [0, 0.05) is 26.4 Å². The number of aliphatic hydroxyl groups excluding tert-OH is 2. The summed E-state index contributed by atoms with van der Waals surface area (Å²) in [4.78, 5) is 0. The maximum absolute atomic E-state index is 9.36. The van der Waals surface area contributed by atoms with Crippen molar-refractivity contribution in [3.05, 3.63) is 121 Å². The van der Waals surface area contributed by atoms with Crippen LogP contribution in [0.15, 0.2) is 121 Å². The molecule has 2 aliphatic rings. The first-order chi connectivity index (χ1) is 23.0. The Bertz CT molecular complexity index is 1340. The van der Waals surface area contributed by atoms with E-state index in [4.69, 9.17) is 8.85 Å². The van der Waals surface area contributed by atoms with E-state index in [0.29, 0.717) is 23.7 Å². The molecule has 0 bridgehead atoms.